The minimum atomic E-state index is -0.509. The monoisotopic (exact) mass is 279 g/mol. The van der Waals surface area contributed by atoms with Crippen molar-refractivity contribution < 1.29 is 14.6 Å². The van der Waals surface area contributed by atoms with E-state index in [0.717, 1.165) is 0 Å². The molecule has 2 rings (SSSR count). The van der Waals surface area contributed by atoms with Crippen molar-refractivity contribution in [2.75, 3.05) is 6.61 Å². The molecule has 0 saturated carbocycles. The maximum atomic E-state index is 12.1. The van der Waals surface area contributed by atoms with Crippen LogP contribution in [-0.4, -0.2) is 53.2 Å². The number of carbonyl (C=O) groups excluding carboxylic acids is 1. The fourth-order valence-electron chi connectivity index (χ4n) is 1.68. The summed E-state index contributed by atoms with van der Waals surface area (Å²) in [4.78, 5) is 12.1. The predicted octanol–water partition coefficient (Wildman–Crippen LogP) is 2.30. The van der Waals surface area contributed by atoms with Gasteiger partial charge in [-0.1, -0.05) is 30.3 Å². The zero-order chi connectivity index (χ0) is 13.7. The molecule has 0 spiro atoms. The van der Waals surface area contributed by atoms with E-state index < -0.39 is 6.10 Å². The SMILES string of the molecule is CC(O)COc1ccc(C(=O)c2ccccc2)cc1.[Na]. The smallest absolute Gasteiger partial charge is 0.193 e. The van der Waals surface area contributed by atoms with E-state index in [-0.39, 0.29) is 41.9 Å². The Hall–Kier alpha value is -1.13. The number of hydrogen-bond acceptors (Lipinski definition) is 3. The molecule has 2 aromatic carbocycles. The van der Waals surface area contributed by atoms with E-state index in [1.165, 1.54) is 0 Å². The van der Waals surface area contributed by atoms with Crippen LogP contribution in [0.3, 0.4) is 0 Å². The third-order valence-corrected chi connectivity index (χ3v) is 2.64. The van der Waals surface area contributed by atoms with E-state index in [2.05, 4.69) is 0 Å². The molecule has 1 unspecified atom stereocenters. The minimum Gasteiger partial charge on any atom is -0.491 e. The summed E-state index contributed by atoms with van der Waals surface area (Å²) in [6.45, 7) is 1.90. The van der Waals surface area contributed by atoms with Crippen molar-refractivity contribution in [2.45, 2.75) is 13.0 Å². The van der Waals surface area contributed by atoms with Crippen LogP contribution in [0.4, 0.5) is 0 Å². The molecule has 99 valence electrons. The van der Waals surface area contributed by atoms with Gasteiger partial charge in [-0.25, -0.2) is 0 Å². The topological polar surface area (TPSA) is 46.5 Å². The van der Waals surface area contributed by atoms with Gasteiger partial charge in [0.05, 0.1) is 6.10 Å². The molecule has 0 fully saturated rings. The fraction of sp³-hybridized carbons (Fsp3) is 0.188. The van der Waals surface area contributed by atoms with Gasteiger partial charge < -0.3 is 9.84 Å². The number of aliphatic hydroxyl groups excluding tert-OH is 1. The number of hydrogen-bond donors (Lipinski definition) is 1. The van der Waals surface area contributed by atoms with E-state index >= 15 is 0 Å². The van der Waals surface area contributed by atoms with Gasteiger partial charge in [-0.3, -0.25) is 4.79 Å². The normalized spacial score (nSPS) is 11.3. The molecule has 20 heavy (non-hydrogen) atoms. The number of ketones is 1. The van der Waals surface area contributed by atoms with Gasteiger partial charge in [0.25, 0.3) is 0 Å². The molecular weight excluding hydrogens is 263 g/mol. The molecule has 0 bridgehead atoms. The van der Waals surface area contributed by atoms with Gasteiger partial charge in [0.1, 0.15) is 12.4 Å². The van der Waals surface area contributed by atoms with Gasteiger partial charge in [0.2, 0.25) is 0 Å². The second kappa shape index (κ2) is 8.22. The van der Waals surface area contributed by atoms with Crippen molar-refractivity contribution in [3.05, 3.63) is 65.7 Å². The molecule has 4 heteroatoms. The fourth-order valence-corrected chi connectivity index (χ4v) is 1.68. The summed E-state index contributed by atoms with van der Waals surface area (Å²) in [5, 5.41) is 9.13. The van der Waals surface area contributed by atoms with Gasteiger partial charge in [-0.15, -0.1) is 0 Å². The second-order valence-electron chi connectivity index (χ2n) is 4.38. The summed E-state index contributed by atoms with van der Waals surface area (Å²) >= 11 is 0. The van der Waals surface area contributed by atoms with Crippen LogP contribution in [0.1, 0.15) is 22.8 Å². The quantitative estimate of drug-likeness (QED) is 0.675. The summed E-state index contributed by atoms with van der Waals surface area (Å²) in [6, 6.07) is 16.1. The van der Waals surface area contributed by atoms with Gasteiger partial charge in [-0.05, 0) is 31.2 Å². The number of ether oxygens (including phenoxy) is 1. The first-order chi connectivity index (χ1) is 9.16. The van der Waals surface area contributed by atoms with Crippen LogP contribution < -0.4 is 4.74 Å². The second-order valence-corrected chi connectivity index (χ2v) is 4.38. The van der Waals surface area contributed by atoms with Crippen LogP contribution >= 0.6 is 0 Å². The predicted molar refractivity (Wildman–Crippen MR) is 79.2 cm³/mol. The van der Waals surface area contributed by atoms with Crippen molar-refractivity contribution in [3.8, 4) is 5.75 Å². The van der Waals surface area contributed by atoms with E-state index in [0.29, 0.717) is 16.9 Å². The van der Waals surface area contributed by atoms with Gasteiger partial charge in [0.15, 0.2) is 5.78 Å². The Bertz CT molecular complexity index is 535. The Balaban J connectivity index is 0.00000200. The average molecular weight is 279 g/mol. The average Bonchev–Trinajstić information content (AvgIpc) is 2.46. The largest absolute Gasteiger partial charge is 0.491 e. The van der Waals surface area contributed by atoms with Crippen LogP contribution in [0.5, 0.6) is 5.75 Å². The molecule has 3 nitrogen and oxygen atoms in total. The van der Waals surface area contributed by atoms with Crippen LogP contribution in [0, 0.1) is 0 Å². The van der Waals surface area contributed by atoms with E-state index in [1.807, 2.05) is 18.2 Å². The molecule has 2 aromatic rings. The molecule has 0 amide bonds. The van der Waals surface area contributed by atoms with Crippen molar-refractivity contribution in [3.63, 3.8) is 0 Å². The van der Waals surface area contributed by atoms with Crippen LogP contribution in [0.25, 0.3) is 0 Å². The molecule has 0 aliphatic rings. The number of rotatable bonds is 5. The van der Waals surface area contributed by atoms with Crippen LogP contribution in [-0.2, 0) is 0 Å². The van der Waals surface area contributed by atoms with Crippen molar-refractivity contribution in [1.82, 2.24) is 0 Å². The number of carbonyl (C=O) groups is 1. The van der Waals surface area contributed by atoms with Crippen molar-refractivity contribution in [1.29, 1.82) is 0 Å². The van der Waals surface area contributed by atoms with Gasteiger partial charge >= 0.3 is 0 Å². The molecule has 1 N–H and O–H groups in total. The molecule has 0 aliphatic heterocycles. The Kier molecular flexibility index (Phi) is 6.96. The van der Waals surface area contributed by atoms with Crippen LogP contribution in [0.15, 0.2) is 54.6 Å². The van der Waals surface area contributed by atoms with Crippen molar-refractivity contribution >= 4 is 35.3 Å². The molecule has 0 heterocycles. The Morgan fingerprint density at radius 2 is 1.60 bits per heavy atom. The van der Waals surface area contributed by atoms with E-state index in [1.54, 1.807) is 43.3 Å². The van der Waals surface area contributed by atoms with E-state index in [4.69, 9.17) is 9.84 Å². The van der Waals surface area contributed by atoms with Gasteiger partial charge in [0, 0.05) is 40.7 Å². The van der Waals surface area contributed by atoms with Crippen molar-refractivity contribution in [2.24, 2.45) is 0 Å². The summed E-state index contributed by atoms with van der Waals surface area (Å²) < 4.78 is 5.35. The first-order valence-corrected chi connectivity index (χ1v) is 6.17. The molecule has 0 saturated heterocycles. The molecule has 0 aromatic heterocycles. The summed E-state index contributed by atoms with van der Waals surface area (Å²) in [5.74, 6) is 0.633. The Morgan fingerprint density at radius 1 is 1.05 bits per heavy atom. The van der Waals surface area contributed by atoms with Crippen LogP contribution in [0.2, 0.25) is 0 Å². The zero-order valence-electron chi connectivity index (χ0n) is 11.7. The first kappa shape index (κ1) is 16.9. The zero-order valence-corrected chi connectivity index (χ0v) is 13.7. The third kappa shape index (κ3) is 4.76. The maximum absolute atomic E-state index is 12.1. The first-order valence-electron chi connectivity index (χ1n) is 6.17. The summed E-state index contributed by atoms with van der Waals surface area (Å²) in [6.07, 6.45) is -0.509. The number of benzene rings is 2. The minimum absolute atomic E-state index is 0. The molecular formula is C16H16NaO3. The molecule has 1 atom stereocenters. The molecule has 1 radical (unpaired) electrons. The maximum Gasteiger partial charge on any atom is 0.193 e. The Morgan fingerprint density at radius 3 is 2.15 bits per heavy atom. The standard InChI is InChI=1S/C16H16O3.Na/c1-12(17)11-19-15-9-7-14(8-10-15)16(18)13-5-3-2-4-6-13;/h2-10,12,17H,11H2,1H3;. The molecule has 0 aliphatic carbocycles. The van der Waals surface area contributed by atoms with E-state index in [9.17, 15) is 4.79 Å². The van der Waals surface area contributed by atoms with Gasteiger partial charge in [-0.2, -0.15) is 0 Å². The third-order valence-electron chi connectivity index (χ3n) is 2.64. The Labute approximate surface area is 140 Å². The summed E-state index contributed by atoms with van der Waals surface area (Å²) in [7, 11) is 0. The summed E-state index contributed by atoms with van der Waals surface area (Å²) in [5.41, 5.74) is 1.29. The number of aliphatic hydroxyl groups is 1.